The lowest BCUT2D eigenvalue weighted by atomic mass is 10.0. The van der Waals surface area contributed by atoms with E-state index in [1.54, 1.807) is 23.0 Å². The van der Waals surface area contributed by atoms with Gasteiger partial charge in [0, 0.05) is 17.2 Å². The third-order valence-electron chi connectivity index (χ3n) is 3.02. The van der Waals surface area contributed by atoms with Gasteiger partial charge >= 0.3 is 6.18 Å². The molecule has 0 saturated carbocycles. The summed E-state index contributed by atoms with van der Waals surface area (Å²) in [7, 11) is 0. The Balaban J connectivity index is 2.43. The first-order valence-corrected chi connectivity index (χ1v) is 6.77. The van der Waals surface area contributed by atoms with E-state index in [9.17, 15) is 13.2 Å². The molecule has 0 amide bonds. The summed E-state index contributed by atoms with van der Waals surface area (Å²) in [6.07, 6.45) is -2.83. The van der Waals surface area contributed by atoms with Crippen molar-refractivity contribution in [2.45, 2.75) is 25.7 Å². The van der Waals surface area contributed by atoms with Crippen molar-refractivity contribution in [1.29, 1.82) is 0 Å². The standard InChI is InChI=1S/C13H13BrF3N3/c1-2-20-11(5-6-19-20)12(18)8-3-4-10(14)9(7-8)13(15,16)17/h3-7,12H,2,18H2,1H3. The second-order valence-electron chi connectivity index (χ2n) is 4.29. The fourth-order valence-electron chi connectivity index (χ4n) is 2.00. The van der Waals surface area contributed by atoms with Gasteiger partial charge in [-0.3, -0.25) is 4.68 Å². The van der Waals surface area contributed by atoms with E-state index in [0.717, 1.165) is 6.07 Å². The zero-order valence-corrected chi connectivity index (χ0v) is 12.2. The van der Waals surface area contributed by atoms with Gasteiger partial charge in [0.25, 0.3) is 0 Å². The van der Waals surface area contributed by atoms with Crippen molar-refractivity contribution in [2.75, 3.05) is 0 Å². The Morgan fingerprint density at radius 3 is 2.65 bits per heavy atom. The normalized spacial score (nSPS) is 13.5. The monoisotopic (exact) mass is 347 g/mol. The molecule has 1 heterocycles. The minimum Gasteiger partial charge on any atom is -0.319 e. The van der Waals surface area contributed by atoms with E-state index in [0.29, 0.717) is 17.8 Å². The minimum atomic E-state index is -4.42. The van der Waals surface area contributed by atoms with Gasteiger partial charge in [-0.15, -0.1) is 0 Å². The van der Waals surface area contributed by atoms with Crippen LogP contribution in [0.4, 0.5) is 13.2 Å². The molecule has 20 heavy (non-hydrogen) atoms. The van der Waals surface area contributed by atoms with Crippen LogP contribution in [0.5, 0.6) is 0 Å². The molecule has 1 aromatic carbocycles. The number of aromatic nitrogens is 2. The van der Waals surface area contributed by atoms with E-state index < -0.39 is 17.8 Å². The third kappa shape index (κ3) is 2.88. The topological polar surface area (TPSA) is 43.8 Å². The predicted molar refractivity (Wildman–Crippen MR) is 73.1 cm³/mol. The summed E-state index contributed by atoms with van der Waals surface area (Å²) in [4.78, 5) is 0. The molecule has 0 saturated heterocycles. The van der Waals surface area contributed by atoms with Crippen LogP contribution in [0.1, 0.15) is 29.8 Å². The number of hydrogen-bond donors (Lipinski definition) is 1. The van der Waals surface area contributed by atoms with Gasteiger partial charge in [0.1, 0.15) is 0 Å². The van der Waals surface area contributed by atoms with Gasteiger partial charge < -0.3 is 5.73 Å². The zero-order chi connectivity index (χ0) is 14.9. The molecule has 0 aliphatic heterocycles. The number of benzene rings is 1. The number of halogens is 4. The van der Waals surface area contributed by atoms with Crippen molar-refractivity contribution >= 4 is 15.9 Å². The Morgan fingerprint density at radius 2 is 2.05 bits per heavy atom. The Morgan fingerprint density at radius 1 is 1.35 bits per heavy atom. The lowest BCUT2D eigenvalue weighted by Gasteiger charge is -2.16. The highest BCUT2D eigenvalue weighted by Gasteiger charge is 2.33. The Bertz CT molecular complexity index is 607. The molecule has 0 spiro atoms. The molecule has 0 radical (unpaired) electrons. The largest absolute Gasteiger partial charge is 0.417 e. The van der Waals surface area contributed by atoms with E-state index >= 15 is 0 Å². The summed E-state index contributed by atoms with van der Waals surface area (Å²) in [6.45, 7) is 2.50. The molecular formula is C13H13BrF3N3. The maximum absolute atomic E-state index is 12.9. The molecule has 1 aromatic heterocycles. The zero-order valence-electron chi connectivity index (χ0n) is 10.7. The lowest BCUT2D eigenvalue weighted by molar-refractivity contribution is -0.138. The predicted octanol–water partition coefficient (Wildman–Crippen LogP) is 3.73. The summed E-state index contributed by atoms with van der Waals surface area (Å²) in [5, 5.41) is 4.08. The Kier molecular flexibility index (Phi) is 4.19. The van der Waals surface area contributed by atoms with Crippen molar-refractivity contribution in [3.05, 3.63) is 51.8 Å². The second-order valence-corrected chi connectivity index (χ2v) is 5.14. The Hall–Kier alpha value is -1.34. The highest BCUT2D eigenvalue weighted by atomic mass is 79.9. The van der Waals surface area contributed by atoms with Gasteiger partial charge in [0.15, 0.2) is 0 Å². The molecule has 1 atom stereocenters. The number of rotatable bonds is 3. The molecule has 108 valence electrons. The van der Waals surface area contributed by atoms with Crippen molar-refractivity contribution in [3.8, 4) is 0 Å². The van der Waals surface area contributed by atoms with Crippen molar-refractivity contribution in [2.24, 2.45) is 5.73 Å². The van der Waals surface area contributed by atoms with Gasteiger partial charge in [-0.05, 0) is 30.7 Å². The summed E-state index contributed by atoms with van der Waals surface area (Å²) >= 11 is 2.91. The minimum absolute atomic E-state index is 0.00458. The first-order chi connectivity index (χ1) is 9.34. The van der Waals surface area contributed by atoms with E-state index in [-0.39, 0.29) is 4.47 Å². The molecule has 0 fully saturated rings. The smallest absolute Gasteiger partial charge is 0.319 e. The fourth-order valence-corrected chi connectivity index (χ4v) is 2.47. The molecule has 2 N–H and O–H groups in total. The summed E-state index contributed by atoms with van der Waals surface area (Å²) in [6, 6.07) is 5.08. The highest BCUT2D eigenvalue weighted by Crippen LogP contribution is 2.36. The lowest BCUT2D eigenvalue weighted by Crippen LogP contribution is -2.18. The number of hydrogen-bond acceptors (Lipinski definition) is 2. The van der Waals surface area contributed by atoms with E-state index in [2.05, 4.69) is 21.0 Å². The molecule has 2 aromatic rings. The molecule has 3 nitrogen and oxygen atoms in total. The van der Waals surface area contributed by atoms with Gasteiger partial charge in [-0.2, -0.15) is 18.3 Å². The van der Waals surface area contributed by atoms with Gasteiger partial charge in [0.05, 0.1) is 17.3 Å². The van der Waals surface area contributed by atoms with Crippen LogP contribution in [0.25, 0.3) is 0 Å². The summed E-state index contributed by atoms with van der Waals surface area (Å²) in [5.41, 5.74) is 6.41. The molecule has 2 rings (SSSR count). The molecule has 0 aliphatic carbocycles. The maximum Gasteiger partial charge on any atom is 0.417 e. The van der Waals surface area contributed by atoms with Crippen LogP contribution >= 0.6 is 15.9 Å². The average molecular weight is 348 g/mol. The van der Waals surface area contributed by atoms with Gasteiger partial charge in [-0.25, -0.2) is 0 Å². The maximum atomic E-state index is 12.9. The number of aryl methyl sites for hydroxylation is 1. The van der Waals surface area contributed by atoms with Crippen LogP contribution in [0.15, 0.2) is 34.9 Å². The Labute approximate surface area is 122 Å². The van der Waals surface area contributed by atoms with Crippen LogP contribution in [-0.2, 0) is 12.7 Å². The molecule has 0 aliphatic rings. The molecular weight excluding hydrogens is 335 g/mol. The average Bonchev–Trinajstić information content (AvgIpc) is 2.85. The van der Waals surface area contributed by atoms with Gasteiger partial charge in [-0.1, -0.05) is 22.0 Å². The molecule has 1 unspecified atom stereocenters. The van der Waals surface area contributed by atoms with Crippen LogP contribution in [0.2, 0.25) is 0 Å². The van der Waals surface area contributed by atoms with Gasteiger partial charge in [0.2, 0.25) is 0 Å². The number of nitrogens with two attached hydrogens (primary N) is 1. The first-order valence-electron chi connectivity index (χ1n) is 5.98. The van der Waals surface area contributed by atoms with Crippen molar-refractivity contribution in [1.82, 2.24) is 9.78 Å². The number of nitrogens with zero attached hydrogens (tertiary/aromatic N) is 2. The van der Waals surface area contributed by atoms with Crippen molar-refractivity contribution < 1.29 is 13.2 Å². The van der Waals surface area contributed by atoms with E-state index in [1.807, 2.05) is 6.92 Å². The van der Waals surface area contributed by atoms with Crippen LogP contribution in [0, 0.1) is 0 Å². The summed E-state index contributed by atoms with van der Waals surface area (Å²) < 4.78 is 40.3. The molecule has 7 heteroatoms. The third-order valence-corrected chi connectivity index (χ3v) is 3.71. The van der Waals surface area contributed by atoms with Crippen LogP contribution in [-0.4, -0.2) is 9.78 Å². The van der Waals surface area contributed by atoms with E-state index in [1.165, 1.54) is 6.07 Å². The van der Waals surface area contributed by atoms with E-state index in [4.69, 9.17) is 5.73 Å². The fraction of sp³-hybridized carbons (Fsp3) is 0.308. The second kappa shape index (κ2) is 5.57. The SMILES string of the molecule is CCn1nccc1C(N)c1ccc(Br)c(C(F)(F)F)c1. The quantitative estimate of drug-likeness (QED) is 0.919. The van der Waals surface area contributed by atoms with Crippen LogP contribution < -0.4 is 5.73 Å². The first kappa shape index (κ1) is 15.1. The molecule has 0 bridgehead atoms. The van der Waals surface area contributed by atoms with Crippen molar-refractivity contribution in [3.63, 3.8) is 0 Å². The highest BCUT2D eigenvalue weighted by molar-refractivity contribution is 9.10. The summed E-state index contributed by atoms with van der Waals surface area (Å²) in [5.74, 6) is 0. The number of alkyl halides is 3. The van der Waals surface area contributed by atoms with Crippen LogP contribution in [0.3, 0.4) is 0 Å².